The molecule has 0 bridgehead atoms. The van der Waals surface area contributed by atoms with Crippen molar-refractivity contribution in [1.29, 1.82) is 0 Å². The van der Waals surface area contributed by atoms with Gasteiger partial charge in [0.2, 0.25) is 0 Å². The van der Waals surface area contributed by atoms with E-state index in [0.717, 1.165) is 25.6 Å². The number of ether oxygens (including phenoxy) is 1. The molecule has 1 N–H and O–H groups in total. The fourth-order valence-electron chi connectivity index (χ4n) is 2.94. The summed E-state index contributed by atoms with van der Waals surface area (Å²) >= 11 is 0. The number of likely N-dealkylation sites (N-methyl/N-ethyl adjacent to an activating group) is 1. The standard InChI is InChI=1S/C18H30N2O/c1-14-5-7-17(8-6-14)18(19-3)13-20(11-12-21-4)15(2)16-9-10-16/h5-8,15-16,18-19H,9-13H2,1-4H3. The van der Waals surface area contributed by atoms with Crippen LogP contribution in [0.25, 0.3) is 0 Å². The summed E-state index contributed by atoms with van der Waals surface area (Å²) in [5.74, 6) is 0.886. The Morgan fingerprint density at radius 3 is 2.48 bits per heavy atom. The molecule has 118 valence electrons. The Morgan fingerprint density at radius 2 is 1.95 bits per heavy atom. The van der Waals surface area contributed by atoms with E-state index in [1.807, 2.05) is 0 Å². The molecule has 0 aliphatic heterocycles. The van der Waals surface area contributed by atoms with E-state index in [2.05, 4.69) is 55.4 Å². The van der Waals surface area contributed by atoms with Gasteiger partial charge in [0.1, 0.15) is 0 Å². The minimum atomic E-state index is 0.378. The van der Waals surface area contributed by atoms with Crippen LogP contribution in [0, 0.1) is 12.8 Å². The van der Waals surface area contributed by atoms with Crippen LogP contribution in [-0.2, 0) is 4.74 Å². The van der Waals surface area contributed by atoms with Crippen LogP contribution in [0.1, 0.15) is 36.9 Å². The van der Waals surface area contributed by atoms with E-state index in [-0.39, 0.29) is 0 Å². The van der Waals surface area contributed by atoms with Gasteiger partial charge in [-0.15, -0.1) is 0 Å². The molecule has 1 aromatic rings. The van der Waals surface area contributed by atoms with Gasteiger partial charge in [-0.2, -0.15) is 0 Å². The highest BCUT2D eigenvalue weighted by atomic mass is 16.5. The molecule has 1 fully saturated rings. The van der Waals surface area contributed by atoms with Crippen LogP contribution in [-0.4, -0.2) is 44.8 Å². The predicted octanol–water partition coefficient (Wildman–Crippen LogP) is 3.00. The average Bonchev–Trinajstić information content (AvgIpc) is 3.33. The van der Waals surface area contributed by atoms with Crippen molar-refractivity contribution < 1.29 is 4.74 Å². The molecular weight excluding hydrogens is 260 g/mol. The monoisotopic (exact) mass is 290 g/mol. The lowest BCUT2D eigenvalue weighted by atomic mass is 10.0. The van der Waals surface area contributed by atoms with Gasteiger partial charge in [-0.1, -0.05) is 29.8 Å². The quantitative estimate of drug-likeness (QED) is 0.756. The van der Waals surface area contributed by atoms with E-state index in [4.69, 9.17) is 4.74 Å². The van der Waals surface area contributed by atoms with Gasteiger partial charge >= 0.3 is 0 Å². The van der Waals surface area contributed by atoms with Crippen molar-refractivity contribution in [3.63, 3.8) is 0 Å². The summed E-state index contributed by atoms with van der Waals surface area (Å²) in [4.78, 5) is 2.59. The highest BCUT2D eigenvalue weighted by molar-refractivity contribution is 5.24. The number of aryl methyl sites for hydroxylation is 1. The summed E-state index contributed by atoms with van der Waals surface area (Å²) in [6, 6.07) is 9.91. The molecule has 1 saturated carbocycles. The van der Waals surface area contributed by atoms with Crippen LogP contribution >= 0.6 is 0 Å². The van der Waals surface area contributed by atoms with Crippen molar-refractivity contribution in [2.75, 3.05) is 33.9 Å². The number of hydrogen-bond acceptors (Lipinski definition) is 3. The lowest BCUT2D eigenvalue weighted by Crippen LogP contribution is -2.42. The first-order valence-corrected chi connectivity index (χ1v) is 8.12. The molecule has 0 aromatic heterocycles. The molecule has 0 amide bonds. The Bertz CT molecular complexity index is 414. The van der Waals surface area contributed by atoms with Crippen molar-refractivity contribution in [2.24, 2.45) is 5.92 Å². The molecular formula is C18H30N2O. The molecule has 0 heterocycles. The van der Waals surface area contributed by atoms with Gasteiger partial charge in [0.15, 0.2) is 0 Å². The van der Waals surface area contributed by atoms with Gasteiger partial charge in [0, 0.05) is 32.3 Å². The number of rotatable bonds is 9. The zero-order chi connectivity index (χ0) is 15.2. The highest BCUT2D eigenvalue weighted by Gasteiger charge is 2.32. The Balaban J connectivity index is 2.02. The van der Waals surface area contributed by atoms with E-state index in [1.54, 1.807) is 7.11 Å². The first-order chi connectivity index (χ1) is 10.2. The molecule has 0 spiro atoms. The van der Waals surface area contributed by atoms with Crippen molar-refractivity contribution in [1.82, 2.24) is 10.2 Å². The smallest absolute Gasteiger partial charge is 0.0589 e. The first kappa shape index (κ1) is 16.5. The Kier molecular flexibility index (Phi) is 6.22. The Labute approximate surface area is 129 Å². The SMILES string of the molecule is CNC(CN(CCOC)C(C)C1CC1)c1ccc(C)cc1. The number of hydrogen-bond donors (Lipinski definition) is 1. The molecule has 3 nitrogen and oxygen atoms in total. The molecule has 0 radical (unpaired) electrons. The zero-order valence-electron chi connectivity index (χ0n) is 13.9. The van der Waals surface area contributed by atoms with Crippen LogP contribution in [0.3, 0.4) is 0 Å². The summed E-state index contributed by atoms with van der Waals surface area (Å²) < 4.78 is 5.30. The van der Waals surface area contributed by atoms with Gasteiger partial charge in [-0.05, 0) is 45.2 Å². The molecule has 0 saturated heterocycles. The number of nitrogens with one attached hydrogen (secondary N) is 1. The second-order valence-corrected chi connectivity index (χ2v) is 6.32. The highest BCUT2D eigenvalue weighted by Crippen LogP contribution is 2.35. The third kappa shape index (κ3) is 4.80. The van der Waals surface area contributed by atoms with Crippen LogP contribution in [0.4, 0.5) is 0 Å². The molecule has 2 atom stereocenters. The maximum absolute atomic E-state index is 5.30. The first-order valence-electron chi connectivity index (χ1n) is 8.12. The van der Waals surface area contributed by atoms with Crippen LogP contribution in [0.5, 0.6) is 0 Å². The van der Waals surface area contributed by atoms with Gasteiger partial charge < -0.3 is 10.1 Å². The zero-order valence-corrected chi connectivity index (χ0v) is 13.9. The molecule has 21 heavy (non-hydrogen) atoms. The fraction of sp³-hybridized carbons (Fsp3) is 0.667. The lowest BCUT2D eigenvalue weighted by Gasteiger charge is -2.32. The molecule has 1 aliphatic carbocycles. The lowest BCUT2D eigenvalue weighted by molar-refractivity contribution is 0.109. The average molecular weight is 290 g/mol. The molecule has 2 unspecified atom stereocenters. The van der Waals surface area contributed by atoms with E-state index in [9.17, 15) is 0 Å². The van der Waals surface area contributed by atoms with Gasteiger partial charge in [-0.3, -0.25) is 4.90 Å². The summed E-state index contributed by atoms with van der Waals surface area (Å²) in [5, 5.41) is 3.48. The topological polar surface area (TPSA) is 24.5 Å². The number of benzene rings is 1. The summed E-state index contributed by atoms with van der Waals surface area (Å²) in [7, 11) is 3.84. The van der Waals surface area contributed by atoms with Gasteiger partial charge in [0.25, 0.3) is 0 Å². The van der Waals surface area contributed by atoms with Crippen LogP contribution in [0.15, 0.2) is 24.3 Å². The van der Waals surface area contributed by atoms with Crippen molar-refractivity contribution in [3.05, 3.63) is 35.4 Å². The molecule has 3 heteroatoms. The van der Waals surface area contributed by atoms with Crippen molar-refractivity contribution >= 4 is 0 Å². The third-order valence-electron chi connectivity index (χ3n) is 4.71. The maximum atomic E-state index is 5.30. The minimum Gasteiger partial charge on any atom is -0.383 e. The molecule has 1 aliphatic rings. The van der Waals surface area contributed by atoms with Crippen molar-refractivity contribution in [2.45, 2.75) is 38.8 Å². The van der Waals surface area contributed by atoms with Crippen molar-refractivity contribution in [3.8, 4) is 0 Å². The maximum Gasteiger partial charge on any atom is 0.0589 e. The van der Waals surface area contributed by atoms with E-state index in [0.29, 0.717) is 12.1 Å². The fourth-order valence-corrected chi connectivity index (χ4v) is 2.94. The molecule has 2 rings (SSSR count). The second kappa shape index (κ2) is 7.92. The Morgan fingerprint density at radius 1 is 1.29 bits per heavy atom. The molecule has 1 aromatic carbocycles. The van der Waals surface area contributed by atoms with Gasteiger partial charge in [-0.25, -0.2) is 0 Å². The van der Waals surface area contributed by atoms with E-state index >= 15 is 0 Å². The summed E-state index contributed by atoms with van der Waals surface area (Å²) in [6.07, 6.45) is 2.78. The van der Waals surface area contributed by atoms with E-state index < -0.39 is 0 Å². The van der Waals surface area contributed by atoms with Crippen LogP contribution < -0.4 is 5.32 Å². The summed E-state index contributed by atoms with van der Waals surface area (Å²) in [6.45, 7) is 7.37. The second-order valence-electron chi connectivity index (χ2n) is 6.32. The normalized spacial score (nSPS) is 18.0. The Hall–Kier alpha value is -0.900. The number of nitrogens with zero attached hydrogens (tertiary/aromatic N) is 1. The minimum absolute atomic E-state index is 0.378. The largest absolute Gasteiger partial charge is 0.383 e. The summed E-state index contributed by atoms with van der Waals surface area (Å²) in [5.41, 5.74) is 2.68. The number of methoxy groups -OCH3 is 1. The van der Waals surface area contributed by atoms with E-state index in [1.165, 1.54) is 24.0 Å². The predicted molar refractivity (Wildman–Crippen MR) is 88.6 cm³/mol. The third-order valence-corrected chi connectivity index (χ3v) is 4.71. The van der Waals surface area contributed by atoms with Gasteiger partial charge in [0.05, 0.1) is 6.61 Å². The van der Waals surface area contributed by atoms with Crippen LogP contribution in [0.2, 0.25) is 0 Å².